The highest BCUT2D eigenvalue weighted by atomic mass is 127. The SMILES string of the molecule is CN=C(NCCOc1ccccc1)NCC(C)c1ccccc1OC.I. The third-order valence-corrected chi connectivity index (χ3v) is 3.88. The minimum atomic E-state index is 0. The van der Waals surface area contributed by atoms with Crippen molar-refractivity contribution in [1.29, 1.82) is 0 Å². The highest BCUT2D eigenvalue weighted by Crippen LogP contribution is 2.25. The first-order chi connectivity index (χ1) is 12.2. The lowest BCUT2D eigenvalue weighted by Crippen LogP contribution is -2.40. The Hall–Kier alpha value is -1.96. The average molecular weight is 469 g/mol. The standard InChI is InChI=1S/C20H27N3O2.HI/c1-16(18-11-7-8-12-19(18)24-3)15-23-20(21-2)22-13-14-25-17-9-5-4-6-10-17;/h4-12,16H,13-15H2,1-3H3,(H2,21,22,23);1H. The Balaban J connectivity index is 0.00000338. The lowest BCUT2D eigenvalue weighted by atomic mass is 10.0. The number of para-hydroxylation sites is 2. The van der Waals surface area contributed by atoms with Gasteiger partial charge in [0.05, 0.1) is 13.7 Å². The fraction of sp³-hybridized carbons (Fsp3) is 0.350. The Labute approximate surface area is 173 Å². The largest absolute Gasteiger partial charge is 0.496 e. The van der Waals surface area contributed by atoms with Crippen molar-refractivity contribution in [3.63, 3.8) is 0 Å². The van der Waals surface area contributed by atoms with Crippen LogP contribution in [0, 0.1) is 0 Å². The molecule has 1 atom stereocenters. The van der Waals surface area contributed by atoms with Crippen molar-refractivity contribution in [2.45, 2.75) is 12.8 Å². The summed E-state index contributed by atoms with van der Waals surface area (Å²) in [7, 11) is 3.47. The van der Waals surface area contributed by atoms with E-state index in [0.29, 0.717) is 19.1 Å². The molecule has 1 unspecified atom stereocenters. The molecule has 2 aromatic carbocycles. The van der Waals surface area contributed by atoms with Gasteiger partial charge in [0.1, 0.15) is 18.1 Å². The zero-order valence-electron chi connectivity index (χ0n) is 15.6. The summed E-state index contributed by atoms with van der Waals surface area (Å²) in [5.41, 5.74) is 1.18. The van der Waals surface area contributed by atoms with E-state index in [4.69, 9.17) is 9.47 Å². The van der Waals surface area contributed by atoms with E-state index in [-0.39, 0.29) is 24.0 Å². The monoisotopic (exact) mass is 469 g/mol. The summed E-state index contributed by atoms with van der Waals surface area (Å²) in [6, 6.07) is 17.9. The molecule has 26 heavy (non-hydrogen) atoms. The zero-order valence-corrected chi connectivity index (χ0v) is 17.9. The number of nitrogens with zero attached hydrogens (tertiary/aromatic N) is 1. The summed E-state index contributed by atoms with van der Waals surface area (Å²) < 4.78 is 11.1. The first-order valence-corrected chi connectivity index (χ1v) is 8.50. The van der Waals surface area contributed by atoms with Crippen molar-refractivity contribution in [3.05, 3.63) is 60.2 Å². The quantitative estimate of drug-likeness (QED) is 0.268. The summed E-state index contributed by atoms with van der Waals surface area (Å²) in [5.74, 6) is 2.85. The second kappa shape index (κ2) is 12.4. The molecule has 0 bridgehead atoms. The van der Waals surface area contributed by atoms with E-state index in [1.165, 1.54) is 5.56 Å². The molecule has 0 amide bonds. The Morgan fingerprint density at radius 2 is 1.73 bits per heavy atom. The Bertz CT molecular complexity index is 665. The summed E-state index contributed by atoms with van der Waals surface area (Å²) >= 11 is 0. The molecule has 0 aromatic heterocycles. The first kappa shape index (κ1) is 22.1. The molecule has 6 heteroatoms. The van der Waals surface area contributed by atoms with E-state index >= 15 is 0 Å². The predicted molar refractivity (Wildman–Crippen MR) is 118 cm³/mol. The van der Waals surface area contributed by atoms with Crippen LogP contribution in [0.3, 0.4) is 0 Å². The number of halogens is 1. The molecule has 0 saturated heterocycles. The Morgan fingerprint density at radius 3 is 2.42 bits per heavy atom. The van der Waals surface area contributed by atoms with Crippen LogP contribution in [-0.2, 0) is 0 Å². The van der Waals surface area contributed by atoms with Gasteiger partial charge < -0.3 is 20.1 Å². The molecule has 0 aliphatic heterocycles. The van der Waals surface area contributed by atoms with Gasteiger partial charge in [-0.05, 0) is 23.8 Å². The summed E-state index contributed by atoms with van der Waals surface area (Å²) in [4.78, 5) is 4.25. The number of hydrogen-bond donors (Lipinski definition) is 2. The molecule has 142 valence electrons. The second-order valence-corrected chi connectivity index (χ2v) is 5.68. The van der Waals surface area contributed by atoms with Gasteiger partial charge in [0.15, 0.2) is 5.96 Å². The van der Waals surface area contributed by atoms with Crippen molar-refractivity contribution in [1.82, 2.24) is 10.6 Å². The number of rotatable bonds is 8. The maximum atomic E-state index is 5.66. The van der Waals surface area contributed by atoms with Crippen LogP contribution >= 0.6 is 24.0 Å². The van der Waals surface area contributed by atoms with Gasteiger partial charge in [0.25, 0.3) is 0 Å². The lowest BCUT2D eigenvalue weighted by molar-refractivity contribution is 0.322. The van der Waals surface area contributed by atoms with Crippen LogP contribution in [0.2, 0.25) is 0 Å². The van der Waals surface area contributed by atoms with Gasteiger partial charge in [-0.2, -0.15) is 0 Å². The maximum absolute atomic E-state index is 5.66. The van der Waals surface area contributed by atoms with Gasteiger partial charge in [-0.1, -0.05) is 43.3 Å². The summed E-state index contributed by atoms with van der Waals surface area (Å²) in [6.45, 7) is 4.18. The molecule has 2 rings (SSSR count). The van der Waals surface area contributed by atoms with Crippen LogP contribution in [0.1, 0.15) is 18.4 Å². The van der Waals surface area contributed by atoms with Gasteiger partial charge in [0, 0.05) is 19.5 Å². The van der Waals surface area contributed by atoms with Crippen molar-refractivity contribution < 1.29 is 9.47 Å². The maximum Gasteiger partial charge on any atom is 0.191 e. The highest BCUT2D eigenvalue weighted by molar-refractivity contribution is 14.0. The molecule has 0 aliphatic rings. The van der Waals surface area contributed by atoms with E-state index < -0.39 is 0 Å². The fourth-order valence-corrected chi connectivity index (χ4v) is 2.51. The molecular weight excluding hydrogens is 441 g/mol. The number of nitrogens with one attached hydrogen (secondary N) is 2. The topological polar surface area (TPSA) is 54.9 Å². The molecule has 0 heterocycles. The third-order valence-electron chi connectivity index (χ3n) is 3.88. The van der Waals surface area contributed by atoms with Gasteiger partial charge in [-0.25, -0.2) is 0 Å². The number of methoxy groups -OCH3 is 1. The lowest BCUT2D eigenvalue weighted by Gasteiger charge is -2.18. The Kier molecular flexibility index (Phi) is 10.5. The van der Waals surface area contributed by atoms with Gasteiger partial charge >= 0.3 is 0 Å². The smallest absolute Gasteiger partial charge is 0.191 e. The van der Waals surface area contributed by atoms with Crippen LogP contribution in [0.15, 0.2) is 59.6 Å². The molecule has 0 spiro atoms. The molecular formula is C20H28IN3O2. The van der Waals surface area contributed by atoms with E-state index in [2.05, 4.69) is 28.6 Å². The Morgan fingerprint density at radius 1 is 1.04 bits per heavy atom. The van der Waals surface area contributed by atoms with Gasteiger partial charge in [-0.15, -0.1) is 24.0 Å². The van der Waals surface area contributed by atoms with Crippen LogP contribution in [0.5, 0.6) is 11.5 Å². The van der Waals surface area contributed by atoms with E-state index in [1.54, 1.807) is 14.2 Å². The minimum absolute atomic E-state index is 0. The molecule has 0 aliphatic carbocycles. The molecule has 0 radical (unpaired) electrons. The molecule has 2 aromatic rings. The molecule has 2 N–H and O–H groups in total. The third kappa shape index (κ3) is 7.11. The second-order valence-electron chi connectivity index (χ2n) is 5.68. The molecule has 0 saturated carbocycles. The number of guanidine groups is 1. The molecule has 0 fully saturated rings. The van der Waals surface area contributed by atoms with E-state index in [0.717, 1.165) is 24.0 Å². The highest BCUT2D eigenvalue weighted by Gasteiger charge is 2.11. The predicted octanol–water partition coefficient (Wildman–Crippen LogP) is 3.66. The van der Waals surface area contributed by atoms with Crippen LogP contribution in [-0.4, -0.2) is 39.8 Å². The number of benzene rings is 2. The zero-order chi connectivity index (χ0) is 17.9. The van der Waals surface area contributed by atoms with Crippen LogP contribution in [0.25, 0.3) is 0 Å². The van der Waals surface area contributed by atoms with E-state index in [9.17, 15) is 0 Å². The van der Waals surface area contributed by atoms with Crippen molar-refractivity contribution in [2.24, 2.45) is 4.99 Å². The normalized spacial score (nSPS) is 11.9. The molecule has 5 nitrogen and oxygen atoms in total. The van der Waals surface area contributed by atoms with Crippen molar-refractivity contribution in [2.75, 3.05) is 33.9 Å². The average Bonchev–Trinajstić information content (AvgIpc) is 2.68. The van der Waals surface area contributed by atoms with Crippen molar-refractivity contribution >= 4 is 29.9 Å². The first-order valence-electron chi connectivity index (χ1n) is 8.50. The fourth-order valence-electron chi connectivity index (χ4n) is 2.51. The van der Waals surface area contributed by atoms with Gasteiger partial charge in [0.2, 0.25) is 0 Å². The minimum Gasteiger partial charge on any atom is -0.496 e. The van der Waals surface area contributed by atoms with Gasteiger partial charge in [-0.3, -0.25) is 4.99 Å². The van der Waals surface area contributed by atoms with E-state index in [1.807, 2.05) is 48.5 Å². The number of ether oxygens (including phenoxy) is 2. The number of hydrogen-bond acceptors (Lipinski definition) is 3. The summed E-state index contributed by atoms with van der Waals surface area (Å²) in [6.07, 6.45) is 0. The van der Waals surface area contributed by atoms with Crippen LogP contribution in [0.4, 0.5) is 0 Å². The summed E-state index contributed by atoms with van der Waals surface area (Å²) in [5, 5.41) is 6.60. The number of aliphatic imine (C=N–C) groups is 1. The van der Waals surface area contributed by atoms with Crippen molar-refractivity contribution in [3.8, 4) is 11.5 Å². The van der Waals surface area contributed by atoms with Crippen LogP contribution < -0.4 is 20.1 Å².